The molecule has 2 nitrogen and oxygen atoms in total. The van der Waals surface area contributed by atoms with E-state index >= 15 is 0 Å². The summed E-state index contributed by atoms with van der Waals surface area (Å²) in [6.07, 6.45) is 17.5. The second-order valence-corrected chi connectivity index (χ2v) is 8.33. The standard InChI is InChI=1S/C23H32N2S/c1-2-6-23(26-24-19-22-13-14-22)8-5-7-20-9-11-21(12-10-20)15-18-25-16-3-4-17-25/h2,5-12,22,24H,3-4,13-19H2,1H3/b6-2-,7-5+,23-8+. The third kappa shape index (κ3) is 7.14. The van der Waals surface area contributed by atoms with Crippen molar-refractivity contribution < 1.29 is 0 Å². The summed E-state index contributed by atoms with van der Waals surface area (Å²) in [4.78, 5) is 3.84. The lowest BCUT2D eigenvalue weighted by molar-refractivity contribution is 0.343. The van der Waals surface area contributed by atoms with Gasteiger partial charge in [-0.1, -0.05) is 48.6 Å². The number of nitrogens with one attached hydrogen (secondary N) is 1. The van der Waals surface area contributed by atoms with Crippen LogP contribution in [0.25, 0.3) is 6.08 Å². The Bertz CT molecular complexity index is 620. The van der Waals surface area contributed by atoms with Crippen LogP contribution in [-0.2, 0) is 6.42 Å². The second-order valence-electron chi connectivity index (χ2n) is 7.36. The van der Waals surface area contributed by atoms with Gasteiger partial charge in [0.1, 0.15) is 0 Å². The van der Waals surface area contributed by atoms with E-state index in [9.17, 15) is 0 Å². The molecule has 140 valence electrons. The van der Waals surface area contributed by atoms with E-state index in [1.54, 1.807) is 11.9 Å². The van der Waals surface area contributed by atoms with Crippen molar-refractivity contribution in [1.29, 1.82) is 0 Å². The van der Waals surface area contributed by atoms with Gasteiger partial charge >= 0.3 is 0 Å². The highest BCUT2D eigenvalue weighted by Crippen LogP contribution is 2.28. The summed E-state index contributed by atoms with van der Waals surface area (Å²) >= 11 is 1.74. The molecule has 0 atom stereocenters. The van der Waals surface area contributed by atoms with E-state index in [2.05, 4.69) is 71.2 Å². The zero-order valence-corrected chi connectivity index (χ0v) is 16.8. The largest absolute Gasteiger partial charge is 0.303 e. The van der Waals surface area contributed by atoms with Gasteiger partial charge in [0.15, 0.2) is 0 Å². The summed E-state index contributed by atoms with van der Waals surface area (Å²) < 4.78 is 3.48. The Hall–Kier alpha value is -1.29. The molecule has 1 aliphatic heterocycles. The van der Waals surface area contributed by atoms with Crippen LogP contribution in [0, 0.1) is 5.92 Å². The monoisotopic (exact) mass is 368 g/mol. The zero-order valence-electron chi connectivity index (χ0n) is 16.0. The molecule has 1 aliphatic carbocycles. The van der Waals surface area contributed by atoms with Crippen LogP contribution < -0.4 is 4.72 Å². The van der Waals surface area contributed by atoms with Crippen LogP contribution in [0.3, 0.4) is 0 Å². The Morgan fingerprint density at radius 1 is 1.19 bits per heavy atom. The predicted octanol–water partition coefficient (Wildman–Crippen LogP) is 5.45. The molecule has 2 fully saturated rings. The molecule has 26 heavy (non-hydrogen) atoms. The van der Waals surface area contributed by atoms with Gasteiger partial charge in [-0.3, -0.25) is 4.72 Å². The molecule has 2 aliphatic rings. The van der Waals surface area contributed by atoms with Crippen molar-refractivity contribution in [2.45, 2.75) is 39.0 Å². The minimum Gasteiger partial charge on any atom is -0.303 e. The van der Waals surface area contributed by atoms with Crippen LogP contribution in [0.15, 0.2) is 53.5 Å². The third-order valence-electron chi connectivity index (χ3n) is 5.03. The van der Waals surface area contributed by atoms with Gasteiger partial charge < -0.3 is 4.90 Å². The summed E-state index contributed by atoms with van der Waals surface area (Å²) in [6.45, 7) is 6.97. The molecule has 3 rings (SSSR count). The van der Waals surface area contributed by atoms with E-state index in [1.807, 2.05) is 0 Å². The number of likely N-dealkylation sites (tertiary alicyclic amines) is 1. The molecule has 1 aromatic carbocycles. The summed E-state index contributed by atoms with van der Waals surface area (Å²) in [7, 11) is 0. The van der Waals surface area contributed by atoms with Crippen LogP contribution in [0.1, 0.15) is 43.7 Å². The van der Waals surface area contributed by atoms with E-state index in [-0.39, 0.29) is 0 Å². The Morgan fingerprint density at radius 3 is 2.65 bits per heavy atom. The average molecular weight is 369 g/mol. The fourth-order valence-electron chi connectivity index (χ4n) is 3.20. The topological polar surface area (TPSA) is 15.3 Å². The molecular formula is C23H32N2S. The van der Waals surface area contributed by atoms with Crippen molar-refractivity contribution in [3.05, 3.63) is 64.6 Å². The number of hydrogen-bond acceptors (Lipinski definition) is 3. The molecular weight excluding hydrogens is 336 g/mol. The molecule has 3 heteroatoms. The van der Waals surface area contributed by atoms with Crippen LogP contribution >= 0.6 is 11.9 Å². The second kappa shape index (κ2) is 10.8. The number of allylic oxidation sites excluding steroid dienone is 4. The maximum Gasteiger partial charge on any atom is 0.0224 e. The highest BCUT2D eigenvalue weighted by Gasteiger charge is 2.20. The molecule has 1 aromatic rings. The fraction of sp³-hybridized carbons (Fsp3) is 0.478. The summed E-state index contributed by atoms with van der Waals surface area (Å²) in [5.41, 5.74) is 2.71. The number of rotatable bonds is 10. The molecule has 1 saturated heterocycles. The van der Waals surface area contributed by atoms with E-state index < -0.39 is 0 Å². The first-order chi connectivity index (χ1) is 12.8. The number of benzene rings is 1. The van der Waals surface area contributed by atoms with Gasteiger partial charge in [0.05, 0.1) is 0 Å². The molecule has 0 bridgehead atoms. The lowest BCUT2D eigenvalue weighted by atomic mass is 10.1. The molecule has 1 heterocycles. The minimum absolute atomic E-state index is 0.911. The Labute approximate surface area is 163 Å². The van der Waals surface area contributed by atoms with Gasteiger partial charge in [0.25, 0.3) is 0 Å². The van der Waals surface area contributed by atoms with Gasteiger partial charge in [-0.15, -0.1) is 0 Å². The van der Waals surface area contributed by atoms with Gasteiger partial charge in [-0.25, -0.2) is 0 Å². The zero-order chi connectivity index (χ0) is 18.0. The van der Waals surface area contributed by atoms with Gasteiger partial charge in [0, 0.05) is 18.0 Å². The van der Waals surface area contributed by atoms with Crippen LogP contribution in [0.5, 0.6) is 0 Å². The lowest BCUT2D eigenvalue weighted by Gasteiger charge is -2.14. The molecule has 1 N–H and O–H groups in total. The maximum atomic E-state index is 3.48. The van der Waals surface area contributed by atoms with Crippen molar-refractivity contribution in [2.75, 3.05) is 26.2 Å². The van der Waals surface area contributed by atoms with Crippen molar-refractivity contribution in [3.63, 3.8) is 0 Å². The van der Waals surface area contributed by atoms with Crippen LogP contribution in [0.4, 0.5) is 0 Å². The molecule has 0 unspecified atom stereocenters. The number of nitrogens with zero attached hydrogens (tertiary/aromatic N) is 1. The molecule has 0 radical (unpaired) electrons. The molecule has 0 aromatic heterocycles. The lowest BCUT2D eigenvalue weighted by Crippen LogP contribution is -2.21. The maximum absolute atomic E-state index is 3.48. The van der Waals surface area contributed by atoms with E-state index in [1.165, 1.54) is 67.8 Å². The average Bonchev–Trinajstić information content (AvgIpc) is 3.33. The molecule has 0 spiro atoms. The van der Waals surface area contributed by atoms with Gasteiger partial charge in [-0.2, -0.15) is 0 Å². The third-order valence-corrected chi connectivity index (χ3v) is 5.85. The van der Waals surface area contributed by atoms with E-state index in [0.717, 1.165) is 12.5 Å². The predicted molar refractivity (Wildman–Crippen MR) is 116 cm³/mol. The fourth-order valence-corrected chi connectivity index (χ4v) is 4.03. The quantitative estimate of drug-likeness (QED) is 0.437. The minimum atomic E-state index is 0.911. The van der Waals surface area contributed by atoms with E-state index in [4.69, 9.17) is 0 Å². The van der Waals surface area contributed by atoms with E-state index in [0.29, 0.717) is 0 Å². The van der Waals surface area contributed by atoms with Gasteiger partial charge in [0.2, 0.25) is 0 Å². The first-order valence-corrected chi connectivity index (χ1v) is 10.9. The summed E-state index contributed by atoms with van der Waals surface area (Å²) in [5, 5.41) is 0. The highest BCUT2D eigenvalue weighted by molar-refractivity contribution is 8.01. The molecule has 1 saturated carbocycles. The highest BCUT2D eigenvalue weighted by atomic mass is 32.2. The Kier molecular flexibility index (Phi) is 8.06. The first-order valence-electron chi connectivity index (χ1n) is 10.1. The van der Waals surface area contributed by atoms with Crippen molar-refractivity contribution in [2.24, 2.45) is 5.92 Å². The normalized spacial score (nSPS) is 19.2. The first kappa shape index (κ1) is 19.5. The Balaban J connectivity index is 1.45. The summed E-state index contributed by atoms with van der Waals surface area (Å²) in [6, 6.07) is 9.02. The van der Waals surface area contributed by atoms with Crippen molar-refractivity contribution in [3.8, 4) is 0 Å². The summed E-state index contributed by atoms with van der Waals surface area (Å²) in [5.74, 6) is 0.911. The SMILES string of the molecule is C\C=C/C(=C\C=C\c1ccc(CCN2CCCC2)cc1)SNCC1CC1. The smallest absolute Gasteiger partial charge is 0.0224 e. The van der Waals surface area contributed by atoms with Crippen molar-refractivity contribution >= 4 is 18.0 Å². The van der Waals surface area contributed by atoms with Gasteiger partial charge in [-0.05, 0) is 87.2 Å². The molecule has 0 amide bonds. The van der Waals surface area contributed by atoms with Crippen LogP contribution in [0.2, 0.25) is 0 Å². The number of hydrogen-bond donors (Lipinski definition) is 1. The van der Waals surface area contributed by atoms with Crippen molar-refractivity contribution in [1.82, 2.24) is 9.62 Å². The Morgan fingerprint density at radius 2 is 1.96 bits per heavy atom. The van der Waals surface area contributed by atoms with Crippen LogP contribution in [-0.4, -0.2) is 31.1 Å².